The number of nitrogens with zero attached hydrogens (tertiary/aromatic N) is 1. The van der Waals surface area contributed by atoms with Crippen LogP contribution in [0.1, 0.15) is 51.9 Å². The monoisotopic (exact) mass is 270 g/mol. The average molecular weight is 270 g/mol. The second-order valence-corrected chi connectivity index (χ2v) is 5.33. The van der Waals surface area contributed by atoms with E-state index in [1.54, 1.807) is 4.90 Å². The first-order valence-electron chi connectivity index (χ1n) is 7.32. The van der Waals surface area contributed by atoms with Crippen molar-refractivity contribution in [2.75, 3.05) is 13.1 Å². The SMILES string of the molecule is CCC(CCN)CCC(=O)N1CCCC[C@H]1C(=O)O. The Morgan fingerprint density at radius 2 is 2.11 bits per heavy atom. The molecular formula is C14H26N2O3. The quantitative estimate of drug-likeness (QED) is 0.736. The first-order valence-corrected chi connectivity index (χ1v) is 7.32. The molecule has 110 valence electrons. The molecule has 1 aliphatic heterocycles. The van der Waals surface area contributed by atoms with Crippen LogP contribution in [0.25, 0.3) is 0 Å². The van der Waals surface area contributed by atoms with Gasteiger partial charge in [-0.3, -0.25) is 4.79 Å². The molecule has 1 saturated heterocycles. The minimum Gasteiger partial charge on any atom is -0.480 e. The van der Waals surface area contributed by atoms with Gasteiger partial charge in [-0.25, -0.2) is 4.79 Å². The predicted molar refractivity (Wildman–Crippen MR) is 73.7 cm³/mol. The van der Waals surface area contributed by atoms with Crippen molar-refractivity contribution in [1.82, 2.24) is 4.90 Å². The van der Waals surface area contributed by atoms with Gasteiger partial charge in [-0.15, -0.1) is 0 Å². The van der Waals surface area contributed by atoms with Gasteiger partial charge in [-0.1, -0.05) is 13.3 Å². The van der Waals surface area contributed by atoms with E-state index in [0.29, 0.717) is 31.8 Å². The van der Waals surface area contributed by atoms with Crippen LogP contribution in [0.2, 0.25) is 0 Å². The molecule has 0 aromatic heterocycles. The number of likely N-dealkylation sites (tertiary alicyclic amines) is 1. The minimum atomic E-state index is -0.873. The molecule has 1 aliphatic rings. The summed E-state index contributed by atoms with van der Waals surface area (Å²) in [6.45, 7) is 3.34. The number of carboxylic acids is 1. The van der Waals surface area contributed by atoms with E-state index in [0.717, 1.165) is 32.1 Å². The number of piperidine rings is 1. The molecule has 19 heavy (non-hydrogen) atoms. The minimum absolute atomic E-state index is 0.0115. The van der Waals surface area contributed by atoms with Gasteiger partial charge in [0.05, 0.1) is 0 Å². The fraction of sp³-hybridized carbons (Fsp3) is 0.857. The number of aliphatic carboxylic acids is 1. The molecular weight excluding hydrogens is 244 g/mol. The summed E-state index contributed by atoms with van der Waals surface area (Å²) in [7, 11) is 0. The van der Waals surface area contributed by atoms with Crippen molar-refractivity contribution in [3.05, 3.63) is 0 Å². The molecule has 5 heteroatoms. The molecule has 1 heterocycles. The smallest absolute Gasteiger partial charge is 0.326 e. The largest absolute Gasteiger partial charge is 0.480 e. The summed E-state index contributed by atoms with van der Waals surface area (Å²) < 4.78 is 0. The third kappa shape index (κ3) is 4.82. The van der Waals surface area contributed by atoms with Crippen LogP contribution < -0.4 is 5.73 Å². The average Bonchev–Trinajstić information content (AvgIpc) is 2.43. The van der Waals surface area contributed by atoms with E-state index in [1.165, 1.54) is 0 Å². The molecule has 0 aliphatic carbocycles. The second kappa shape index (κ2) is 8.15. The molecule has 0 aromatic rings. The lowest BCUT2D eigenvalue weighted by Gasteiger charge is -2.33. The van der Waals surface area contributed by atoms with E-state index in [2.05, 4.69) is 6.92 Å². The normalized spacial score (nSPS) is 21.2. The zero-order chi connectivity index (χ0) is 14.3. The Kier molecular flexibility index (Phi) is 6.84. The zero-order valence-electron chi connectivity index (χ0n) is 11.8. The number of carbonyl (C=O) groups excluding carboxylic acids is 1. The van der Waals surface area contributed by atoms with Crippen molar-refractivity contribution >= 4 is 11.9 Å². The predicted octanol–water partition coefficient (Wildman–Crippen LogP) is 1.61. The molecule has 1 rings (SSSR count). The summed E-state index contributed by atoms with van der Waals surface area (Å²) in [6.07, 6.45) is 5.61. The number of hydrogen-bond acceptors (Lipinski definition) is 3. The Morgan fingerprint density at radius 3 is 2.68 bits per heavy atom. The first-order chi connectivity index (χ1) is 9.10. The van der Waals surface area contributed by atoms with Gasteiger partial charge in [0, 0.05) is 13.0 Å². The van der Waals surface area contributed by atoms with Crippen LogP contribution in [-0.4, -0.2) is 41.0 Å². The lowest BCUT2D eigenvalue weighted by Crippen LogP contribution is -2.48. The third-order valence-electron chi connectivity index (χ3n) is 4.03. The zero-order valence-corrected chi connectivity index (χ0v) is 11.8. The lowest BCUT2D eigenvalue weighted by atomic mass is 9.95. The molecule has 0 aromatic carbocycles. The van der Waals surface area contributed by atoms with Crippen molar-refractivity contribution in [1.29, 1.82) is 0 Å². The highest BCUT2D eigenvalue weighted by Gasteiger charge is 2.31. The van der Waals surface area contributed by atoms with Crippen molar-refractivity contribution in [2.45, 2.75) is 57.9 Å². The second-order valence-electron chi connectivity index (χ2n) is 5.33. The molecule has 0 spiro atoms. The summed E-state index contributed by atoms with van der Waals surface area (Å²) in [5.74, 6) is -0.411. The van der Waals surface area contributed by atoms with Gasteiger partial charge in [-0.2, -0.15) is 0 Å². The molecule has 0 saturated carbocycles. The Hall–Kier alpha value is -1.10. The summed E-state index contributed by atoms with van der Waals surface area (Å²) in [6, 6.07) is -0.615. The van der Waals surface area contributed by atoms with Gasteiger partial charge in [-0.05, 0) is 44.6 Å². The van der Waals surface area contributed by atoms with Crippen LogP contribution in [0.4, 0.5) is 0 Å². The fourth-order valence-electron chi connectivity index (χ4n) is 2.75. The van der Waals surface area contributed by atoms with Gasteiger partial charge in [0.15, 0.2) is 0 Å². The summed E-state index contributed by atoms with van der Waals surface area (Å²) in [4.78, 5) is 24.9. The standard InChI is InChI=1S/C14H26N2O3/c1-2-11(8-9-15)6-7-13(17)16-10-4-3-5-12(16)14(18)19/h11-12H,2-10,15H2,1H3,(H,18,19)/t11?,12-/m0/s1. The number of amides is 1. The van der Waals surface area contributed by atoms with Crippen LogP contribution >= 0.6 is 0 Å². The van der Waals surface area contributed by atoms with Gasteiger partial charge in [0.1, 0.15) is 6.04 Å². The summed E-state index contributed by atoms with van der Waals surface area (Å²) in [5.41, 5.74) is 5.54. The van der Waals surface area contributed by atoms with E-state index >= 15 is 0 Å². The fourth-order valence-corrected chi connectivity index (χ4v) is 2.75. The van der Waals surface area contributed by atoms with Crippen molar-refractivity contribution in [2.24, 2.45) is 11.7 Å². The summed E-state index contributed by atoms with van der Waals surface area (Å²) >= 11 is 0. The van der Waals surface area contributed by atoms with E-state index in [-0.39, 0.29) is 5.91 Å². The Balaban J connectivity index is 2.48. The van der Waals surface area contributed by atoms with E-state index in [1.807, 2.05) is 0 Å². The molecule has 3 N–H and O–H groups in total. The molecule has 0 radical (unpaired) electrons. The van der Waals surface area contributed by atoms with Gasteiger partial charge < -0.3 is 15.7 Å². The van der Waals surface area contributed by atoms with Crippen molar-refractivity contribution in [3.8, 4) is 0 Å². The highest BCUT2D eigenvalue weighted by Crippen LogP contribution is 2.21. The van der Waals surface area contributed by atoms with Crippen LogP contribution in [0.15, 0.2) is 0 Å². The van der Waals surface area contributed by atoms with Crippen molar-refractivity contribution < 1.29 is 14.7 Å². The maximum absolute atomic E-state index is 12.2. The molecule has 0 bridgehead atoms. The molecule has 1 amide bonds. The van der Waals surface area contributed by atoms with Crippen LogP contribution in [0.3, 0.4) is 0 Å². The molecule has 5 nitrogen and oxygen atoms in total. The van der Waals surface area contributed by atoms with Gasteiger partial charge in [0.2, 0.25) is 5.91 Å². The van der Waals surface area contributed by atoms with Crippen LogP contribution in [0, 0.1) is 5.92 Å². The highest BCUT2D eigenvalue weighted by atomic mass is 16.4. The van der Waals surface area contributed by atoms with Crippen LogP contribution in [0.5, 0.6) is 0 Å². The number of rotatable bonds is 7. The molecule has 1 fully saturated rings. The number of hydrogen-bond donors (Lipinski definition) is 2. The molecule has 2 atom stereocenters. The number of carboxylic acid groups (broad SMARTS) is 1. The maximum atomic E-state index is 12.2. The Bertz CT molecular complexity index is 307. The molecule has 1 unspecified atom stereocenters. The van der Waals surface area contributed by atoms with Crippen molar-refractivity contribution in [3.63, 3.8) is 0 Å². The topological polar surface area (TPSA) is 83.6 Å². The van der Waals surface area contributed by atoms with Crippen LogP contribution in [-0.2, 0) is 9.59 Å². The Labute approximate surface area is 115 Å². The number of carbonyl (C=O) groups is 2. The Morgan fingerprint density at radius 1 is 1.37 bits per heavy atom. The summed E-state index contributed by atoms with van der Waals surface area (Å²) in [5, 5.41) is 9.15. The maximum Gasteiger partial charge on any atom is 0.326 e. The van der Waals surface area contributed by atoms with E-state index in [4.69, 9.17) is 10.8 Å². The third-order valence-corrected chi connectivity index (χ3v) is 4.03. The van der Waals surface area contributed by atoms with Gasteiger partial charge >= 0.3 is 5.97 Å². The van der Waals surface area contributed by atoms with E-state index in [9.17, 15) is 9.59 Å². The number of nitrogens with two attached hydrogens (primary N) is 1. The highest BCUT2D eigenvalue weighted by molar-refractivity contribution is 5.83. The van der Waals surface area contributed by atoms with Gasteiger partial charge in [0.25, 0.3) is 0 Å². The lowest BCUT2D eigenvalue weighted by molar-refractivity contribution is -0.152. The first kappa shape index (κ1) is 16.0. The van der Waals surface area contributed by atoms with E-state index < -0.39 is 12.0 Å².